The van der Waals surface area contributed by atoms with E-state index in [-0.39, 0.29) is 18.2 Å². The molecule has 0 aliphatic heterocycles. The molecule has 134 valence electrons. The smallest absolute Gasteiger partial charge is 0.358 e. The predicted octanol–water partition coefficient (Wildman–Crippen LogP) is 2.06. The van der Waals surface area contributed by atoms with Crippen LogP contribution in [0.4, 0.5) is 0 Å². The molecule has 2 heterocycles. The van der Waals surface area contributed by atoms with Gasteiger partial charge in [-0.1, -0.05) is 30.3 Å². The zero-order valence-corrected chi connectivity index (χ0v) is 15.0. The Morgan fingerprint density at radius 3 is 2.81 bits per heavy atom. The molecule has 0 radical (unpaired) electrons. The molecule has 26 heavy (non-hydrogen) atoms. The van der Waals surface area contributed by atoms with E-state index >= 15 is 0 Å². The molecule has 0 unspecified atom stereocenters. The summed E-state index contributed by atoms with van der Waals surface area (Å²) in [5.74, 6) is -0.952. The standard InChI is InChI=1S/C18H18N4O3S/c1-22-10-14(9-20-22)17-21-15(12-26-17)18(24)25-11-16(23)19-8-7-13-5-3-2-4-6-13/h2-6,9-10,12H,7-8,11H2,1H3,(H,19,23). The van der Waals surface area contributed by atoms with E-state index < -0.39 is 5.97 Å². The Labute approximate surface area is 154 Å². The summed E-state index contributed by atoms with van der Waals surface area (Å²) in [4.78, 5) is 28.0. The first-order valence-electron chi connectivity index (χ1n) is 8.04. The van der Waals surface area contributed by atoms with Gasteiger partial charge < -0.3 is 10.1 Å². The van der Waals surface area contributed by atoms with Gasteiger partial charge in [0.15, 0.2) is 12.3 Å². The lowest BCUT2D eigenvalue weighted by Gasteiger charge is -2.06. The van der Waals surface area contributed by atoms with Crippen molar-refractivity contribution in [3.05, 3.63) is 59.4 Å². The molecular weight excluding hydrogens is 352 g/mol. The molecule has 2 aromatic heterocycles. The number of aryl methyl sites for hydroxylation is 1. The van der Waals surface area contributed by atoms with Gasteiger partial charge in [0.25, 0.3) is 5.91 Å². The Hall–Kier alpha value is -3.00. The maximum atomic E-state index is 12.0. The number of rotatable bonds is 7. The number of carbonyl (C=O) groups is 2. The number of carbonyl (C=O) groups excluding carboxylic acids is 2. The molecule has 8 heteroatoms. The second-order valence-electron chi connectivity index (χ2n) is 5.60. The van der Waals surface area contributed by atoms with Crippen LogP contribution >= 0.6 is 11.3 Å². The first-order chi connectivity index (χ1) is 12.6. The summed E-state index contributed by atoms with van der Waals surface area (Å²) in [6.45, 7) is 0.162. The summed E-state index contributed by atoms with van der Waals surface area (Å²) in [6, 6.07) is 9.83. The van der Waals surface area contributed by atoms with Gasteiger partial charge in [0.2, 0.25) is 0 Å². The number of ether oxygens (including phenoxy) is 1. The summed E-state index contributed by atoms with van der Waals surface area (Å²) in [5.41, 5.74) is 2.15. The summed E-state index contributed by atoms with van der Waals surface area (Å²) in [6.07, 6.45) is 4.21. The topological polar surface area (TPSA) is 86.1 Å². The third-order valence-corrected chi connectivity index (χ3v) is 4.47. The molecule has 0 saturated carbocycles. The van der Waals surface area contributed by atoms with E-state index in [0.717, 1.165) is 17.5 Å². The second-order valence-corrected chi connectivity index (χ2v) is 6.46. The highest BCUT2D eigenvalue weighted by Gasteiger charge is 2.15. The fourth-order valence-corrected chi connectivity index (χ4v) is 3.04. The van der Waals surface area contributed by atoms with Crippen LogP contribution in [0.25, 0.3) is 10.6 Å². The Balaban J connectivity index is 1.43. The monoisotopic (exact) mass is 370 g/mol. The van der Waals surface area contributed by atoms with Crippen molar-refractivity contribution in [2.75, 3.05) is 13.2 Å². The molecule has 0 spiro atoms. The van der Waals surface area contributed by atoms with Gasteiger partial charge in [0, 0.05) is 30.7 Å². The fraction of sp³-hybridized carbons (Fsp3) is 0.222. The van der Waals surface area contributed by atoms with Crippen molar-refractivity contribution in [2.24, 2.45) is 7.05 Å². The van der Waals surface area contributed by atoms with E-state index in [9.17, 15) is 9.59 Å². The molecule has 1 amide bonds. The predicted molar refractivity (Wildman–Crippen MR) is 97.8 cm³/mol. The number of aromatic nitrogens is 3. The van der Waals surface area contributed by atoms with Gasteiger partial charge in [-0.25, -0.2) is 9.78 Å². The van der Waals surface area contributed by atoms with E-state index in [4.69, 9.17) is 4.74 Å². The molecule has 3 rings (SSSR count). The van der Waals surface area contributed by atoms with Gasteiger partial charge in [-0.3, -0.25) is 9.48 Å². The molecule has 1 N–H and O–H groups in total. The molecule has 3 aromatic rings. The van der Waals surface area contributed by atoms with E-state index in [1.54, 1.807) is 16.3 Å². The molecule has 1 aromatic carbocycles. The van der Waals surface area contributed by atoms with Crippen LogP contribution in [0, 0.1) is 0 Å². The number of nitrogens with zero attached hydrogens (tertiary/aromatic N) is 3. The van der Waals surface area contributed by atoms with Crippen molar-refractivity contribution < 1.29 is 14.3 Å². The zero-order valence-electron chi connectivity index (χ0n) is 14.2. The molecule has 0 bridgehead atoms. The molecule has 0 atom stereocenters. The van der Waals surface area contributed by atoms with Gasteiger partial charge in [-0.2, -0.15) is 5.10 Å². The lowest BCUT2D eigenvalue weighted by Crippen LogP contribution is -2.30. The van der Waals surface area contributed by atoms with Crippen molar-refractivity contribution in [2.45, 2.75) is 6.42 Å². The van der Waals surface area contributed by atoms with Gasteiger partial charge in [-0.05, 0) is 12.0 Å². The zero-order chi connectivity index (χ0) is 18.4. The van der Waals surface area contributed by atoms with Crippen LogP contribution in [-0.4, -0.2) is 39.8 Å². The molecule has 0 saturated heterocycles. The summed E-state index contributed by atoms with van der Waals surface area (Å²) in [7, 11) is 1.81. The Bertz CT molecular complexity index is 889. The Morgan fingerprint density at radius 2 is 2.08 bits per heavy atom. The van der Waals surface area contributed by atoms with Crippen LogP contribution in [0.1, 0.15) is 16.1 Å². The molecular formula is C18H18N4O3S. The highest BCUT2D eigenvalue weighted by Crippen LogP contribution is 2.23. The van der Waals surface area contributed by atoms with E-state index in [1.807, 2.05) is 43.6 Å². The van der Waals surface area contributed by atoms with E-state index in [1.165, 1.54) is 11.3 Å². The SMILES string of the molecule is Cn1cc(-c2nc(C(=O)OCC(=O)NCCc3ccccc3)cs2)cn1. The third kappa shape index (κ3) is 4.76. The molecule has 7 nitrogen and oxygen atoms in total. The van der Waals surface area contributed by atoms with Crippen molar-refractivity contribution in [1.82, 2.24) is 20.1 Å². The number of nitrogens with one attached hydrogen (secondary N) is 1. The first-order valence-corrected chi connectivity index (χ1v) is 8.92. The maximum absolute atomic E-state index is 12.0. The summed E-state index contributed by atoms with van der Waals surface area (Å²) < 4.78 is 6.68. The number of esters is 1. The van der Waals surface area contributed by atoms with Crippen LogP contribution < -0.4 is 5.32 Å². The average molecular weight is 370 g/mol. The van der Waals surface area contributed by atoms with E-state index in [0.29, 0.717) is 11.6 Å². The summed E-state index contributed by atoms with van der Waals surface area (Å²) in [5, 5.41) is 9.09. The lowest BCUT2D eigenvalue weighted by molar-refractivity contribution is -0.124. The highest BCUT2D eigenvalue weighted by molar-refractivity contribution is 7.13. The lowest BCUT2D eigenvalue weighted by atomic mass is 10.1. The molecule has 0 aliphatic rings. The van der Waals surface area contributed by atoms with Gasteiger partial charge in [0.05, 0.1) is 6.20 Å². The quantitative estimate of drug-likeness (QED) is 0.644. The largest absolute Gasteiger partial charge is 0.451 e. The average Bonchev–Trinajstić information content (AvgIpc) is 3.29. The van der Waals surface area contributed by atoms with Crippen LogP contribution in [0.15, 0.2) is 48.1 Å². The highest BCUT2D eigenvalue weighted by atomic mass is 32.1. The number of benzene rings is 1. The van der Waals surface area contributed by atoms with Gasteiger partial charge >= 0.3 is 5.97 Å². The normalized spacial score (nSPS) is 10.5. The number of amides is 1. The van der Waals surface area contributed by atoms with Crippen LogP contribution in [0.5, 0.6) is 0 Å². The maximum Gasteiger partial charge on any atom is 0.358 e. The number of thiazole rings is 1. The minimum atomic E-state index is -0.616. The Morgan fingerprint density at radius 1 is 1.27 bits per heavy atom. The first kappa shape index (κ1) is 17.8. The van der Waals surface area contributed by atoms with Gasteiger partial charge in [0.1, 0.15) is 5.01 Å². The number of hydrogen-bond acceptors (Lipinski definition) is 6. The fourth-order valence-electron chi connectivity index (χ4n) is 2.28. The van der Waals surface area contributed by atoms with Crippen molar-refractivity contribution >= 4 is 23.2 Å². The van der Waals surface area contributed by atoms with Crippen LogP contribution in [0.2, 0.25) is 0 Å². The summed E-state index contributed by atoms with van der Waals surface area (Å²) >= 11 is 1.32. The second kappa shape index (κ2) is 8.39. The van der Waals surface area contributed by atoms with Crippen molar-refractivity contribution in [1.29, 1.82) is 0 Å². The van der Waals surface area contributed by atoms with Crippen LogP contribution in [-0.2, 0) is 23.0 Å². The Kier molecular flexibility index (Phi) is 5.75. The minimum absolute atomic E-state index is 0.186. The van der Waals surface area contributed by atoms with E-state index in [2.05, 4.69) is 15.4 Å². The molecule has 0 fully saturated rings. The number of hydrogen-bond donors (Lipinski definition) is 1. The minimum Gasteiger partial charge on any atom is -0.451 e. The van der Waals surface area contributed by atoms with Gasteiger partial charge in [-0.15, -0.1) is 11.3 Å². The van der Waals surface area contributed by atoms with Crippen molar-refractivity contribution in [3.63, 3.8) is 0 Å². The van der Waals surface area contributed by atoms with Crippen molar-refractivity contribution in [3.8, 4) is 10.6 Å². The third-order valence-electron chi connectivity index (χ3n) is 3.58. The van der Waals surface area contributed by atoms with Crippen LogP contribution in [0.3, 0.4) is 0 Å². The molecule has 0 aliphatic carbocycles.